The molecule has 6 atom stereocenters. The van der Waals surface area contributed by atoms with E-state index in [4.69, 9.17) is 71.4 Å². The highest BCUT2D eigenvalue weighted by Gasteiger charge is 2.66. The monoisotopic (exact) mass is 2010 g/mol. The van der Waals surface area contributed by atoms with Gasteiger partial charge < -0.3 is 92.3 Å². The lowest BCUT2D eigenvalue weighted by Crippen LogP contribution is -2.64. The minimum atomic E-state index is -1.04. The summed E-state index contributed by atoms with van der Waals surface area (Å²) in [6, 6.07) is 24.3. The predicted molar refractivity (Wildman–Crippen MR) is 536 cm³/mol. The van der Waals surface area contributed by atoms with Gasteiger partial charge in [-0.25, -0.2) is 9.78 Å². The first kappa shape index (κ1) is 113. The van der Waals surface area contributed by atoms with E-state index in [9.17, 15) is 57.8 Å². The van der Waals surface area contributed by atoms with Crippen molar-refractivity contribution in [3.8, 4) is 11.1 Å². The number of rotatable bonds is 73. The fraction of sp³-hybridized carbons (Fsp3) is 0.617. The number of unbranched alkanes of at least 4 members (excludes halogenated alkanes) is 3. The zero-order valence-corrected chi connectivity index (χ0v) is 85.5. The van der Waals surface area contributed by atoms with E-state index in [1.807, 2.05) is 61.5 Å². The van der Waals surface area contributed by atoms with Gasteiger partial charge in [0.2, 0.25) is 17.7 Å². The number of carbonyl (C=O) groups excluding carboxylic acids is 10. The molecule has 2 aliphatic heterocycles. The number of carbonyl (C=O) groups is 11. The number of fused-ring (bicyclic) bond motifs is 2. The zero-order chi connectivity index (χ0) is 102. The number of para-hydroxylation sites is 1. The molecule has 0 radical (unpaired) electrons. The van der Waals surface area contributed by atoms with Gasteiger partial charge in [-0.3, -0.25) is 62.8 Å². The summed E-state index contributed by atoms with van der Waals surface area (Å²) in [4.78, 5) is 154. The van der Waals surface area contributed by atoms with Crippen LogP contribution < -0.4 is 26.2 Å². The van der Waals surface area contributed by atoms with Crippen molar-refractivity contribution < 1.29 is 124 Å². The highest BCUT2D eigenvalue weighted by Crippen LogP contribution is 2.72. The molecule has 2 aromatic heterocycles. The number of Topliss-reactive ketones (excluding diaryl/α,β-unsaturated/α-hetero) is 3. The number of thiazole rings is 1. The number of hydrogen-bond acceptors (Lipinski definition) is 29. The summed E-state index contributed by atoms with van der Waals surface area (Å²) < 4.78 is 81.2. The Kier molecular flexibility index (Phi) is 46.2. The van der Waals surface area contributed by atoms with Crippen LogP contribution >= 0.6 is 11.3 Å². The Balaban J connectivity index is 0.537. The molecule has 6 aromatic rings. The minimum Gasteiger partial charge on any atom is -0.478 e. The van der Waals surface area contributed by atoms with E-state index < -0.39 is 47.5 Å². The van der Waals surface area contributed by atoms with E-state index in [0.29, 0.717) is 225 Å². The maximum atomic E-state index is 14.1. The molecule has 6 aliphatic rings. The summed E-state index contributed by atoms with van der Waals surface area (Å²) in [6.07, 6.45) is 13.9. The number of aromatic nitrogens is 3. The SMILES string of the molecule is COCCOCCOCCOCCOCCOCCOCCOCCOCCOCCOCCOCC(=O)NCCCC[C@@H](CC(=O)CCCCCN1C(=O)C=CC1=O)C(=O)N[C@H](C)C(=O)C[C@H](C(=O)N[C@@H](C)C(=O)Cc1ccc(COC(=O)CCCOC23CC4(C)CC(C)(CC(Cn5ncc(-c6ccc(N7CCc8cccc(C(=O)Nc9nc%10ccccc%10s9)c8C7)cc6C(=O)O)c5C)(C4)C2)C3)cc1)C(C)C. The van der Waals surface area contributed by atoms with Gasteiger partial charge in [-0.05, 0) is 178 Å². The van der Waals surface area contributed by atoms with E-state index in [1.54, 1.807) is 64.4 Å². The molecule has 4 saturated carbocycles. The van der Waals surface area contributed by atoms with Gasteiger partial charge in [-0.1, -0.05) is 106 Å². The molecule has 5 N–H and O–H groups in total. The molecule has 36 heteroatoms. The number of aromatic carboxylic acids is 1. The third-order valence-corrected chi connectivity index (χ3v) is 27.9. The van der Waals surface area contributed by atoms with E-state index in [2.05, 4.69) is 49.7 Å². The van der Waals surface area contributed by atoms with Gasteiger partial charge in [-0.2, -0.15) is 5.10 Å². The molecule has 4 heterocycles. The van der Waals surface area contributed by atoms with Crippen LogP contribution in [0.15, 0.2) is 103 Å². The molecule has 4 bridgehead atoms. The first-order valence-corrected chi connectivity index (χ1v) is 51.5. The van der Waals surface area contributed by atoms with Crippen LogP contribution in [0.2, 0.25) is 0 Å². The summed E-state index contributed by atoms with van der Waals surface area (Å²) in [7, 11) is 1.63. The van der Waals surface area contributed by atoms with Crippen LogP contribution in [0.25, 0.3) is 21.3 Å². The molecule has 12 rings (SSSR count). The number of carboxylic acids is 1. The molecule has 143 heavy (non-hydrogen) atoms. The normalized spacial score (nSPS) is 18.8. The highest BCUT2D eigenvalue weighted by molar-refractivity contribution is 7.22. The Bertz CT molecular complexity index is 5090. The zero-order valence-electron chi connectivity index (χ0n) is 84.6. The van der Waals surface area contributed by atoms with Crippen LogP contribution in [0.1, 0.15) is 199 Å². The number of esters is 1. The van der Waals surface area contributed by atoms with Gasteiger partial charge in [0.15, 0.2) is 16.7 Å². The first-order chi connectivity index (χ1) is 69.0. The van der Waals surface area contributed by atoms with Gasteiger partial charge in [0.1, 0.15) is 19.0 Å². The summed E-state index contributed by atoms with van der Waals surface area (Å²) in [6.45, 7) is 25.4. The van der Waals surface area contributed by atoms with Crippen molar-refractivity contribution >= 4 is 97.1 Å². The van der Waals surface area contributed by atoms with E-state index in [1.165, 1.54) is 30.4 Å². The molecule has 0 spiro atoms. The molecule has 4 aliphatic carbocycles. The van der Waals surface area contributed by atoms with Crippen molar-refractivity contribution in [2.75, 3.05) is 196 Å². The van der Waals surface area contributed by atoms with Gasteiger partial charge in [0.25, 0.3) is 17.7 Å². The Morgan fingerprint density at radius 1 is 0.559 bits per heavy atom. The summed E-state index contributed by atoms with van der Waals surface area (Å²) in [5.74, 6) is -6.60. The van der Waals surface area contributed by atoms with Crippen LogP contribution in [-0.4, -0.2) is 292 Å². The van der Waals surface area contributed by atoms with Gasteiger partial charge in [0, 0.05) is 125 Å². The maximum absolute atomic E-state index is 14.1. The standard InChI is InChI=1S/C107H149N9O26S/c1-75(2)87(63-93(119)77(4)110-99(124)82(61-84(117)20-10-9-15-35-115-96(121)31-32-97(115)122)18-13-14-34-108-95(120)67-140-59-58-139-57-56-138-55-54-137-53-52-136-51-50-135-49-48-134-47-46-133-45-44-132-43-42-131-41-40-130-39-38-129-8)101(126)111-76(3)92(118)60-79-25-27-80(28-26-79)66-141-98(123)24-17-37-142-107-71-104(6)68-105(7,72-107)70-106(69-104,73-107)74-116-78(5)89(64-109-116)85-30-29-83(62-88(85)102(127)128)114-36-33-81-19-16-21-86(90(81)65-114)100(125)113-103-112-91-22-11-12-23-94(91)143-103/h11-12,16,19,21-23,25-32,62,64,75-77,82,87H,9-10,13-15,17-18,20,24,33-61,63,65-74H2,1-8H3,(H,108,120)(H,110,124)(H,111,126)(H,127,128)(H,112,113,125)/t76-,77+,82-,87-,104?,105?,106?,107?/m0/s1. The number of benzene rings is 4. The summed E-state index contributed by atoms with van der Waals surface area (Å²) in [5.41, 5.74) is 7.44. The van der Waals surface area contributed by atoms with E-state index in [0.717, 1.165) is 87.3 Å². The quantitative estimate of drug-likeness (QED) is 0.0134. The molecule has 4 fully saturated rings. The van der Waals surface area contributed by atoms with Gasteiger partial charge in [-0.15, -0.1) is 0 Å². The minimum absolute atomic E-state index is 0.00761. The first-order valence-electron chi connectivity index (χ1n) is 50.6. The third kappa shape index (κ3) is 36.5. The second-order valence-corrected chi connectivity index (χ2v) is 40.3. The van der Waals surface area contributed by atoms with Gasteiger partial charge in [0.05, 0.1) is 185 Å². The van der Waals surface area contributed by atoms with Gasteiger partial charge >= 0.3 is 11.9 Å². The number of nitrogens with zero attached hydrogens (tertiary/aromatic N) is 5. The molecule has 35 nitrogen and oxygen atoms in total. The number of carboxylic acid groups (broad SMARTS) is 1. The van der Waals surface area contributed by atoms with Crippen LogP contribution in [-0.2, 0) is 142 Å². The van der Waals surface area contributed by atoms with E-state index >= 15 is 0 Å². The topological polar surface area (TPSA) is 423 Å². The van der Waals surface area contributed by atoms with Crippen molar-refractivity contribution in [3.63, 3.8) is 0 Å². The van der Waals surface area contributed by atoms with E-state index in [-0.39, 0.29) is 153 Å². The molecule has 2 unspecified atom stereocenters. The predicted octanol–water partition coefficient (Wildman–Crippen LogP) is 12.2. The van der Waals surface area contributed by atoms with Crippen LogP contribution in [0.3, 0.4) is 0 Å². The number of ether oxygens (including phenoxy) is 14. The number of imide groups is 1. The number of hydrogen-bond donors (Lipinski definition) is 5. The Hall–Kier alpha value is -10.0. The Morgan fingerprint density at radius 2 is 1.14 bits per heavy atom. The van der Waals surface area contributed by atoms with Crippen molar-refractivity contribution in [1.29, 1.82) is 0 Å². The Labute approximate surface area is 843 Å². The van der Waals surface area contributed by atoms with Crippen molar-refractivity contribution in [3.05, 3.63) is 142 Å². The van der Waals surface area contributed by atoms with Crippen LogP contribution in [0.5, 0.6) is 0 Å². The molecule has 0 saturated heterocycles. The molecular formula is C107H149N9O26S. The van der Waals surface area contributed by atoms with Crippen molar-refractivity contribution in [1.82, 2.24) is 35.6 Å². The highest BCUT2D eigenvalue weighted by atomic mass is 32.1. The number of ketones is 3. The Morgan fingerprint density at radius 3 is 1.73 bits per heavy atom. The lowest BCUT2D eigenvalue weighted by Gasteiger charge is -2.69. The molecule has 784 valence electrons. The van der Waals surface area contributed by atoms with Crippen molar-refractivity contribution in [2.24, 2.45) is 34.0 Å². The summed E-state index contributed by atoms with van der Waals surface area (Å²) >= 11 is 1.42. The van der Waals surface area contributed by atoms with Crippen LogP contribution in [0.4, 0.5) is 10.8 Å². The largest absolute Gasteiger partial charge is 0.478 e. The average molecular weight is 2010 g/mol. The molecule has 4 aromatic carbocycles. The fourth-order valence-corrected chi connectivity index (χ4v) is 21.6. The lowest BCUT2D eigenvalue weighted by molar-refractivity contribution is -0.248. The molecule has 6 amide bonds. The van der Waals surface area contributed by atoms with Crippen LogP contribution in [0, 0.1) is 40.9 Å². The summed E-state index contributed by atoms with van der Waals surface area (Å²) in [5, 5.41) is 27.8. The number of nitrogens with one attached hydrogen (secondary N) is 4. The number of amides is 6. The third-order valence-electron chi connectivity index (χ3n) is 26.9. The number of anilines is 2. The fourth-order valence-electron chi connectivity index (χ4n) is 20.7. The second kappa shape index (κ2) is 58.3. The smallest absolute Gasteiger partial charge is 0.336 e. The maximum Gasteiger partial charge on any atom is 0.336 e. The lowest BCUT2D eigenvalue weighted by atomic mass is 9.39. The second-order valence-electron chi connectivity index (χ2n) is 39.2. The number of methoxy groups -OCH3 is 1. The average Bonchev–Trinajstić information content (AvgIpc) is 1.14. The molecular weight excluding hydrogens is 1860 g/mol. The van der Waals surface area contributed by atoms with Crippen molar-refractivity contribution in [2.45, 2.75) is 208 Å².